The number of carbonyl (C=O) groups is 1. The van der Waals surface area contributed by atoms with Crippen molar-refractivity contribution in [2.24, 2.45) is 5.73 Å². The predicted octanol–water partition coefficient (Wildman–Crippen LogP) is -0.349. The molecule has 71 valence electrons. The molecule has 0 aromatic heterocycles. The number of carbonyl (C=O) groups excluding carboxylic acids is 1. The van der Waals surface area contributed by atoms with Crippen molar-refractivity contribution in [2.45, 2.75) is 4.90 Å². The molecule has 0 saturated carbocycles. The Balaban J connectivity index is 0.00000169. The molecule has 1 rings (SSSR count). The van der Waals surface area contributed by atoms with Crippen LogP contribution in [0.3, 0.4) is 0 Å². The zero-order valence-corrected chi connectivity index (χ0v) is 10.3. The second kappa shape index (κ2) is 4.90. The molecule has 0 bridgehead atoms. The van der Waals surface area contributed by atoms with Gasteiger partial charge in [0.05, 0.1) is 4.90 Å². The monoisotopic (exact) mass is 224 g/mol. The standard InChI is InChI=1S/C7H7NO4S.Na/c8-7(9)5-1-3-6(4-2-5)13(10,11)12;/h1-4H,(H2,8,9)(H,10,11,12);. The minimum Gasteiger partial charge on any atom is -0.366 e. The van der Waals surface area contributed by atoms with Crippen LogP contribution in [0.25, 0.3) is 0 Å². The molecule has 0 atom stereocenters. The zero-order chi connectivity index (χ0) is 10.1. The van der Waals surface area contributed by atoms with E-state index >= 15 is 0 Å². The molecule has 0 saturated heterocycles. The van der Waals surface area contributed by atoms with Crippen LogP contribution >= 0.6 is 0 Å². The summed E-state index contributed by atoms with van der Waals surface area (Å²) in [6.45, 7) is 0. The van der Waals surface area contributed by atoms with E-state index in [4.69, 9.17) is 10.3 Å². The van der Waals surface area contributed by atoms with Gasteiger partial charge >= 0.3 is 0 Å². The van der Waals surface area contributed by atoms with Crippen LogP contribution in [0.4, 0.5) is 0 Å². The average Bonchev–Trinajstić information content (AvgIpc) is 2.03. The minimum atomic E-state index is -4.20. The first kappa shape index (κ1) is 13.6. The van der Waals surface area contributed by atoms with E-state index in [2.05, 4.69) is 0 Å². The molecular weight excluding hydrogens is 217 g/mol. The van der Waals surface area contributed by atoms with Crippen LogP contribution in [0.5, 0.6) is 0 Å². The predicted molar refractivity (Wildman–Crippen MR) is 50.5 cm³/mol. The Morgan fingerprint density at radius 1 is 1.21 bits per heavy atom. The van der Waals surface area contributed by atoms with E-state index in [0.29, 0.717) is 0 Å². The molecule has 1 aromatic rings. The van der Waals surface area contributed by atoms with Gasteiger partial charge in [-0.25, -0.2) is 0 Å². The fraction of sp³-hybridized carbons (Fsp3) is 0. The van der Waals surface area contributed by atoms with Crippen LogP contribution in [0, 0.1) is 0 Å². The van der Waals surface area contributed by atoms with Crippen LogP contribution in [-0.2, 0) is 10.1 Å². The minimum absolute atomic E-state index is 0. The summed E-state index contributed by atoms with van der Waals surface area (Å²) in [5.41, 5.74) is 5.11. The smallest absolute Gasteiger partial charge is 0.294 e. The van der Waals surface area contributed by atoms with Crippen LogP contribution in [0.1, 0.15) is 10.4 Å². The maximum absolute atomic E-state index is 10.6. The largest absolute Gasteiger partial charge is 0.366 e. The molecule has 3 N–H and O–H groups in total. The van der Waals surface area contributed by atoms with Crippen molar-refractivity contribution in [2.75, 3.05) is 0 Å². The first-order valence-electron chi connectivity index (χ1n) is 3.28. The van der Waals surface area contributed by atoms with Crippen molar-refractivity contribution in [1.82, 2.24) is 0 Å². The van der Waals surface area contributed by atoms with E-state index in [-0.39, 0.29) is 40.0 Å². The molecule has 1 amide bonds. The van der Waals surface area contributed by atoms with E-state index in [0.717, 1.165) is 12.1 Å². The van der Waals surface area contributed by atoms with E-state index in [1.54, 1.807) is 0 Å². The molecule has 7 heteroatoms. The normalized spacial score (nSPS) is 10.4. The van der Waals surface area contributed by atoms with Gasteiger partial charge in [-0.3, -0.25) is 9.35 Å². The number of hydrogen-bond donors (Lipinski definition) is 2. The van der Waals surface area contributed by atoms with E-state index in [9.17, 15) is 13.2 Å². The van der Waals surface area contributed by atoms with Crippen molar-refractivity contribution in [1.29, 1.82) is 0 Å². The number of benzene rings is 1. The number of amides is 1. The van der Waals surface area contributed by atoms with Crippen molar-refractivity contribution in [3.63, 3.8) is 0 Å². The molecule has 1 aromatic carbocycles. The second-order valence-electron chi connectivity index (χ2n) is 2.36. The summed E-state index contributed by atoms with van der Waals surface area (Å²) in [4.78, 5) is 10.3. The molecule has 0 fully saturated rings. The van der Waals surface area contributed by atoms with Crippen molar-refractivity contribution >= 4 is 45.6 Å². The first-order chi connectivity index (χ1) is 5.91. The van der Waals surface area contributed by atoms with Crippen molar-refractivity contribution in [3.05, 3.63) is 29.8 Å². The SMILES string of the molecule is NC(=O)c1ccc(S(=O)(=O)O)cc1.[Na]. The topological polar surface area (TPSA) is 97.5 Å². The van der Waals surface area contributed by atoms with Gasteiger partial charge in [0, 0.05) is 35.1 Å². The summed E-state index contributed by atoms with van der Waals surface area (Å²) >= 11 is 0. The van der Waals surface area contributed by atoms with Gasteiger partial charge in [0.1, 0.15) is 0 Å². The molecular formula is C7H7NNaO4S. The Labute approximate surface area is 103 Å². The molecule has 14 heavy (non-hydrogen) atoms. The fourth-order valence-electron chi connectivity index (χ4n) is 0.791. The second-order valence-corrected chi connectivity index (χ2v) is 3.79. The van der Waals surface area contributed by atoms with Gasteiger partial charge in [-0.2, -0.15) is 8.42 Å². The van der Waals surface area contributed by atoms with E-state index in [1.165, 1.54) is 12.1 Å². The Morgan fingerprint density at radius 3 is 1.93 bits per heavy atom. The van der Waals surface area contributed by atoms with Crippen molar-refractivity contribution in [3.8, 4) is 0 Å². The Bertz CT molecular complexity index is 426. The summed E-state index contributed by atoms with van der Waals surface area (Å²) < 4.78 is 29.7. The maximum Gasteiger partial charge on any atom is 0.294 e. The summed E-state index contributed by atoms with van der Waals surface area (Å²) in [7, 11) is -4.20. The van der Waals surface area contributed by atoms with Crippen LogP contribution < -0.4 is 5.73 Å². The number of nitrogens with two attached hydrogens (primary N) is 1. The third-order valence-corrected chi connectivity index (χ3v) is 2.30. The molecule has 0 aliphatic rings. The Hall–Kier alpha value is -0.400. The first-order valence-corrected chi connectivity index (χ1v) is 4.72. The fourth-order valence-corrected chi connectivity index (χ4v) is 1.27. The van der Waals surface area contributed by atoms with Gasteiger partial charge in [-0.05, 0) is 24.3 Å². The van der Waals surface area contributed by atoms with Crippen LogP contribution in [0.2, 0.25) is 0 Å². The number of primary amides is 1. The summed E-state index contributed by atoms with van der Waals surface area (Å²) in [6, 6.07) is 4.67. The van der Waals surface area contributed by atoms with E-state index < -0.39 is 16.0 Å². The van der Waals surface area contributed by atoms with Gasteiger partial charge in [0.25, 0.3) is 10.1 Å². The molecule has 0 spiro atoms. The number of rotatable bonds is 2. The molecule has 5 nitrogen and oxygen atoms in total. The molecule has 1 radical (unpaired) electrons. The van der Waals surface area contributed by atoms with Gasteiger partial charge in [-0.1, -0.05) is 0 Å². The third-order valence-electron chi connectivity index (χ3n) is 1.44. The van der Waals surface area contributed by atoms with E-state index in [1.807, 2.05) is 0 Å². The third kappa shape index (κ3) is 3.39. The van der Waals surface area contributed by atoms with Gasteiger partial charge in [0.2, 0.25) is 5.91 Å². The van der Waals surface area contributed by atoms with Crippen LogP contribution in [0.15, 0.2) is 29.2 Å². The molecule has 0 heterocycles. The Morgan fingerprint density at radius 2 is 1.64 bits per heavy atom. The van der Waals surface area contributed by atoms with Gasteiger partial charge in [-0.15, -0.1) is 0 Å². The Kier molecular flexibility index (Phi) is 4.76. The molecule has 0 aliphatic carbocycles. The summed E-state index contributed by atoms with van der Waals surface area (Å²) in [6.07, 6.45) is 0. The quantitative estimate of drug-likeness (QED) is 0.530. The maximum atomic E-state index is 10.6. The molecule has 0 unspecified atom stereocenters. The summed E-state index contributed by atoms with van der Waals surface area (Å²) in [5, 5.41) is 0. The van der Waals surface area contributed by atoms with Crippen molar-refractivity contribution < 1.29 is 17.8 Å². The zero-order valence-electron chi connectivity index (χ0n) is 7.47. The number of hydrogen-bond acceptors (Lipinski definition) is 3. The van der Waals surface area contributed by atoms with Gasteiger partial charge < -0.3 is 5.73 Å². The van der Waals surface area contributed by atoms with Crippen LogP contribution in [-0.4, -0.2) is 48.4 Å². The molecule has 0 aliphatic heterocycles. The van der Waals surface area contributed by atoms with Gasteiger partial charge in [0.15, 0.2) is 0 Å². The summed E-state index contributed by atoms with van der Waals surface area (Å²) in [5.74, 6) is -0.651. The average molecular weight is 224 g/mol.